The number of carbonyl (C=O) groups excluding carboxylic acids is 1. The maximum Gasteiger partial charge on any atom is 0.227 e. The zero-order chi connectivity index (χ0) is 13.9. The molecule has 3 rings (SSSR count). The highest BCUT2D eigenvalue weighted by molar-refractivity contribution is 6.32. The van der Waals surface area contributed by atoms with E-state index in [4.69, 9.17) is 16.1 Å². The quantitative estimate of drug-likeness (QED) is 0.869. The molecule has 0 aromatic carbocycles. The molecule has 1 aliphatic carbocycles. The summed E-state index contributed by atoms with van der Waals surface area (Å²) in [6.07, 6.45) is 5.79. The van der Waals surface area contributed by atoms with Crippen molar-refractivity contribution in [1.82, 2.24) is 15.1 Å². The number of ketones is 1. The van der Waals surface area contributed by atoms with E-state index in [9.17, 15) is 4.79 Å². The summed E-state index contributed by atoms with van der Waals surface area (Å²) in [5.41, 5.74) is 0.499. The van der Waals surface area contributed by atoms with E-state index in [1.54, 1.807) is 18.3 Å². The molecule has 1 fully saturated rings. The average Bonchev–Trinajstić information content (AvgIpc) is 2.90. The summed E-state index contributed by atoms with van der Waals surface area (Å²) >= 11 is 6.04. The molecule has 104 valence electrons. The number of rotatable bonds is 3. The van der Waals surface area contributed by atoms with Gasteiger partial charge in [-0.3, -0.25) is 9.78 Å². The molecule has 20 heavy (non-hydrogen) atoms. The second-order valence-corrected chi connectivity index (χ2v) is 5.37. The van der Waals surface area contributed by atoms with Crippen LogP contribution in [0.15, 0.2) is 22.9 Å². The van der Waals surface area contributed by atoms with Crippen LogP contribution in [-0.2, 0) is 11.2 Å². The monoisotopic (exact) mass is 291 g/mol. The molecular formula is C14H14ClN3O2. The first kappa shape index (κ1) is 13.2. The normalized spacial score (nSPS) is 19.2. The highest BCUT2D eigenvalue weighted by atomic mass is 35.5. The maximum atomic E-state index is 11.8. The molecule has 0 bridgehead atoms. The molecule has 6 heteroatoms. The smallest absolute Gasteiger partial charge is 0.227 e. The van der Waals surface area contributed by atoms with Crippen LogP contribution in [0.2, 0.25) is 5.02 Å². The van der Waals surface area contributed by atoms with Gasteiger partial charge in [0.05, 0.1) is 5.02 Å². The number of carbonyl (C=O) groups is 1. The summed E-state index contributed by atoms with van der Waals surface area (Å²) in [5, 5.41) is 4.37. The Morgan fingerprint density at radius 3 is 3.10 bits per heavy atom. The number of aromatic nitrogens is 3. The van der Waals surface area contributed by atoms with E-state index >= 15 is 0 Å². The molecule has 0 spiro atoms. The number of halogens is 1. The zero-order valence-corrected chi connectivity index (χ0v) is 11.6. The minimum atomic E-state index is 0.0104. The molecule has 1 saturated carbocycles. The molecule has 0 amide bonds. The SMILES string of the molecule is O=C1CCCCC1Cc1nc(-c2ncccc2Cl)no1. The topological polar surface area (TPSA) is 68.9 Å². The van der Waals surface area contributed by atoms with Gasteiger partial charge in [-0.1, -0.05) is 23.2 Å². The van der Waals surface area contributed by atoms with E-state index in [1.165, 1.54) is 0 Å². The zero-order valence-electron chi connectivity index (χ0n) is 10.9. The largest absolute Gasteiger partial charge is 0.339 e. The van der Waals surface area contributed by atoms with E-state index in [1.807, 2.05) is 0 Å². The number of Topliss-reactive ketones (excluding diaryl/α,β-unsaturated/α-hetero) is 1. The molecule has 1 atom stereocenters. The molecule has 0 aliphatic heterocycles. The number of hydrogen-bond acceptors (Lipinski definition) is 5. The molecular weight excluding hydrogens is 278 g/mol. The van der Waals surface area contributed by atoms with Gasteiger partial charge in [0.15, 0.2) is 0 Å². The van der Waals surface area contributed by atoms with Crippen LogP contribution in [0.3, 0.4) is 0 Å². The van der Waals surface area contributed by atoms with Gasteiger partial charge >= 0.3 is 0 Å². The molecule has 1 unspecified atom stereocenters. The van der Waals surface area contributed by atoms with E-state index in [2.05, 4.69) is 15.1 Å². The lowest BCUT2D eigenvalue weighted by molar-refractivity contribution is -0.124. The molecule has 2 aromatic rings. The van der Waals surface area contributed by atoms with Gasteiger partial charge in [0.2, 0.25) is 11.7 Å². The first-order valence-electron chi connectivity index (χ1n) is 6.70. The third kappa shape index (κ3) is 2.72. The van der Waals surface area contributed by atoms with Crippen molar-refractivity contribution in [3.63, 3.8) is 0 Å². The van der Waals surface area contributed by atoms with Crippen molar-refractivity contribution in [3.8, 4) is 11.5 Å². The van der Waals surface area contributed by atoms with Gasteiger partial charge < -0.3 is 4.52 Å². The van der Waals surface area contributed by atoms with Gasteiger partial charge in [0.1, 0.15) is 11.5 Å². The fourth-order valence-electron chi connectivity index (χ4n) is 2.47. The van der Waals surface area contributed by atoms with Gasteiger partial charge in [0, 0.05) is 25.0 Å². The second kappa shape index (κ2) is 5.71. The summed E-state index contributed by atoms with van der Waals surface area (Å²) in [5.74, 6) is 1.15. The van der Waals surface area contributed by atoms with Gasteiger partial charge in [0.25, 0.3) is 0 Å². The van der Waals surface area contributed by atoms with Crippen molar-refractivity contribution < 1.29 is 9.32 Å². The van der Waals surface area contributed by atoms with Gasteiger partial charge in [-0.2, -0.15) is 4.98 Å². The predicted molar refractivity (Wildman–Crippen MR) is 73.2 cm³/mol. The van der Waals surface area contributed by atoms with Crippen molar-refractivity contribution in [2.24, 2.45) is 5.92 Å². The Bertz CT molecular complexity index is 626. The van der Waals surface area contributed by atoms with Crippen molar-refractivity contribution in [2.75, 3.05) is 0 Å². The lowest BCUT2D eigenvalue weighted by Gasteiger charge is -2.18. The van der Waals surface area contributed by atoms with Crippen molar-refractivity contribution in [1.29, 1.82) is 0 Å². The second-order valence-electron chi connectivity index (χ2n) is 4.96. The maximum absolute atomic E-state index is 11.8. The number of pyridine rings is 1. The predicted octanol–water partition coefficient (Wildman–Crippen LogP) is 3.09. The first-order chi connectivity index (χ1) is 9.74. The number of hydrogen-bond donors (Lipinski definition) is 0. The Kier molecular flexibility index (Phi) is 3.78. The van der Waals surface area contributed by atoms with Crippen LogP contribution in [0.5, 0.6) is 0 Å². The standard InChI is InChI=1S/C14H14ClN3O2/c15-10-5-3-7-16-13(10)14-17-12(20-18-14)8-9-4-1-2-6-11(9)19/h3,5,7,9H,1-2,4,6,8H2. The average molecular weight is 292 g/mol. The Morgan fingerprint density at radius 1 is 1.40 bits per heavy atom. The van der Waals surface area contributed by atoms with Crippen LogP contribution in [0.1, 0.15) is 31.6 Å². The summed E-state index contributed by atoms with van der Waals surface area (Å²) in [7, 11) is 0. The van der Waals surface area contributed by atoms with Crippen LogP contribution in [0.4, 0.5) is 0 Å². The fraction of sp³-hybridized carbons (Fsp3) is 0.429. The fourth-order valence-corrected chi connectivity index (χ4v) is 2.67. The molecule has 0 saturated heterocycles. The van der Waals surface area contributed by atoms with Gasteiger partial charge in [-0.25, -0.2) is 0 Å². The molecule has 2 heterocycles. The van der Waals surface area contributed by atoms with Crippen LogP contribution < -0.4 is 0 Å². The highest BCUT2D eigenvalue weighted by Gasteiger charge is 2.25. The Balaban J connectivity index is 1.77. The van der Waals surface area contributed by atoms with Crippen LogP contribution in [0, 0.1) is 5.92 Å². The Morgan fingerprint density at radius 2 is 2.30 bits per heavy atom. The molecule has 0 radical (unpaired) electrons. The summed E-state index contributed by atoms with van der Waals surface area (Å²) in [4.78, 5) is 20.2. The van der Waals surface area contributed by atoms with Crippen LogP contribution >= 0.6 is 11.6 Å². The van der Waals surface area contributed by atoms with E-state index in [0.29, 0.717) is 41.1 Å². The van der Waals surface area contributed by atoms with Crippen LogP contribution in [0.25, 0.3) is 11.5 Å². The highest BCUT2D eigenvalue weighted by Crippen LogP contribution is 2.26. The molecule has 0 N–H and O–H groups in total. The Hall–Kier alpha value is -1.75. The molecule has 1 aliphatic rings. The lowest BCUT2D eigenvalue weighted by atomic mass is 9.86. The minimum Gasteiger partial charge on any atom is -0.339 e. The molecule has 5 nitrogen and oxygen atoms in total. The third-order valence-electron chi connectivity index (χ3n) is 3.54. The lowest BCUT2D eigenvalue weighted by Crippen LogP contribution is -2.21. The first-order valence-corrected chi connectivity index (χ1v) is 7.08. The van der Waals surface area contributed by atoms with Crippen LogP contribution in [-0.4, -0.2) is 20.9 Å². The van der Waals surface area contributed by atoms with Crippen molar-refractivity contribution in [3.05, 3.63) is 29.2 Å². The molecule has 2 aromatic heterocycles. The van der Waals surface area contributed by atoms with E-state index < -0.39 is 0 Å². The third-order valence-corrected chi connectivity index (χ3v) is 3.85. The van der Waals surface area contributed by atoms with Gasteiger partial charge in [-0.15, -0.1) is 0 Å². The van der Waals surface area contributed by atoms with E-state index in [-0.39, 0.29) is 5.92 Å². The minimum absolute atomic E-state index is 0.0104. The summed E-state index contributed by atoms with van der Waals surface area (Å²) < 4.78 is 5.21. The van der Waals surface area contributed by atoms with Crippen molar-refractivity contribution >= 4 is 17.4 Å². The van der Waals surface area contributed by atoms with Crippen molar-refractivity contribution in [2.45, 2.75) is 32.1 Å². The number of nitrogens with zero attached hydrogens (tertiary/aromatic N) is 3. The summed E-state index contributed by atoms with van der Waals surface area (Å²) in [6.45, 7) is 0. The Labute approximate surface area is 121 Å². The van der Waals surface area contributed by atoms with Gasteiger partial charge in [-0.05, 0) is 25.0 Å². The van der Waals surface area contributed by atoms with E-state index in [0.717, 1.165) is 19.3 Å². The summed E-state index contributed by atoms with van der Waals surface area (Å²) in [6, 6.07) is 3.47.